The molecule has 0 saturated heterocycles. The quantitative estimate of drug-likeness (QED) is 0.790. The first kappa shape index (κ1) is 12.6. The molecule has 2 N–H and O–H groups in total. The van der Waals surface area contributed by atoms with Crippen LogP contribution in [0.2, 0.25) is 0 Å². The lowest BCUT2D eigenvalue weighted by Gasteiger charge is -2.13. The Morgan fingerprint density at radius 1 is 1.33 bits per heavy atom. The van der Waals surface area contributed by atoms with Crippen molar-refractivity contribution in [2.75, 3.05) is 0 Å². The van der Waals surface area contributed by atoms with Crippen LogP contribution in [0.15, 0.2) is 15.9 Å². The van der Waals surface area contributed by atoms with E-state index in [2.05, 4.69) is 28.8 Å². The van der Waals surface area contributed by atoms with E-state index in [1.165, 1.54) is 12.8 Å². The number of hydrogen-bond acceptors (Lipinski definition) is 3. The summed E-state index contributed by atoms with van der Waals surface area (Å²) in [5.74, 6) is 0. The molecule has 0 fully saturated rings. The summed E-state index contributed by atoms with van der Waals surface area (Å²) in [6.07, 6.45) is 6.10. The van der Waals surface area contributed by atoms with Crippen molar-refractivity contribution in [1.29, 1.82) is 0 Å². The molecule has 0 aliphatic rings. The standard InChI is InChI=1S/C12H18N4O2/c1-3-4-5-6-8(2)16-7-13-10-9(16)11(17)15-12(18)14-10/h7-8H,3-6H2,1-2H3,(H2,14,15,17,18). The summed E-state index contributed by atoms with van der Waals surface area (Å²) in [6, 6.07) is 0.202. The van der Waals surface area contributed by atoms with Crippen molar-refractivity contribution in [2.24, 2.45) is 0 Å². The van der Waals surface area contributed by atoms with Crippen LogP contribution < -0.4 is 11.2 Å². The largest absolute Gasteiger partial charge is 0.327 e. The van der Waals surface area contributed by atoms with Crippen LogP contribution in [-0.2, 0) is 0 Å². The first-order valence-corrected chi connectivity index (χ1v) is 6.32. The highest BCUT2D eigenvalue weighted by Crippen LogP contribution is 2.18. The van der Waals surface area contributed by atoms with Crippen LogP contribution in [-0.4, -0.2) is 19.5 Å². The van der Waals surface area contributed by atoms with Gasteiger partial charge in [0, 0.05) is 6.04 Å². The summed E-state index contributed by atoms with van der Waals surface area (Å²) in [5, 5.41) is 0. The molecule has 0 aliphatic heterocycles. The summed E-state index contributed by atoms with van der Waals surface area (Å²) in [6.45, 7) is 4.22. The normalized spacial score (nSPS) is 13.0. The smallest absolute Gasteiger partial charge is 0.322 e. The van der Waals surface area contributed by atoms with Crippen molar-refractivity contribution in [2.45, 2.75) is 45.6 Å². The summed E-state index contributed by atoms with van der Waals surface area (Å²) >= 11 is 0. The van der Waals surface area contributed by atoms with Gasteiger partial charge in [0.05, 0.1) is 6.33 Å². The van der Waals surface area contributed by atoms with E-state index in [9.17, 15) is 9.59 Å². The zero-order chi connectivity index (χ0) is 13.1. The number of nitrogens with one attached hydrogen (secondary N) is 2. The van der Waals surface area contributed by atoms with E-state index >= 15 is 0 Å². The van der Waals surface area contributed by atoms with Crippen LogP contribution in [0.5, 0.6) is 0 Å². The third-order valence-electron chi connectivity index (χ3n) is 3.17. The van der Waals surface area contributed by atoms with Gasteiger partial charge in [-0.3, -0.25) is 14.8 Å². The zero-order valence-electron chi connectivity index (χ0n) is 10.7. The molecule has 18 heavy (non-hydrogen) atoms. The molecule has 0 amide bonds. The molecular formula is C12H18N4O2. The van der Waals surface area contributed by atoms with Gasteiger partial charge in [0.15, 0.2) is 11.2 Å². The van der Waals surface area contributed by atoms with E-state index in [1.807, 2.05) is 4.57 Å². The number of H-pyrrole nitrogens is 2. The van der Waals surface area contributed by atoms with Crippen LogP contribution in [0.4, 0.5) is 0 Å². The average Bonchev–Trinajstić information content (AvgIpc) is 2.73. The van der Waals surface area contributed by atoms with E-state index < -0.39 is 5.69 Å². The predicted molar refractivity (Wildman–Crippen MR) is 69.8 cm³/mol. The molecule has 1 atom stereocenters. The van der Waals surface area contributed by atoms with E-state index in [0.717, 1.165) is 12.8 Å². The first-order valence-electron chi connectivity index (χ1n) is 6.32. The van der Waals surface area contributed by atoms with Gasteiger partial charge in [-0.1, -0.05) is 26.2 Å². The van der Waals surface area contributed by atoms with Gasteiger partial charge < -0.3 is 4.57 Å². The van der Waals surface area contributed by atoms with Gasteiger partial charge in [0.25, 0.3) is 5.56 Å². The lowest BCUT2D eigenvalue weighted by molar-refractivity contribution is 0.486. The van der Waals surface area contributed by atoms with Crippen molar-refractivity contribution in [3.8, 4) is 0 Å². The summed E-state index contributed by atoms with van der Waals surface area (Å²) in [7, 11) is 0. The number of imidazole rings is 1. The van der Waals surface area contributed by atoms with Crippen molar-refractivity contribution in [1.82, 2.24) is 19.5 Å². The summed E-state index contributed by atoms with van der Waals surface area (Å²) in [4.78, 5) is 31.8. The highest BCUT2D eigenvalue weighted by Gasteiger charge is 2.12. The fourth-order valence-electron chi connectivity index (χ4n) is 2.14. The first-order chi connectivity index (χ1) is 8.63. The topological polar surface area (TPSA) is 83.5 Å². The second-order valence-corrected chi connectivity index (χ2v) is 4.60. The monoisotopic (exact) mass is 250 g/mol. The molecule has 98 valence electrons. The molecule has 2 aromatic heterocycles. The Hall–Kier alpha value is -1.85. The number of hydrogen-bond donors (Lipinski definition) is 2. The molecular weight excluding hydrogens is 232 g/mol. The fraction of sp³-hybridized carbons (Fsp3) is 0.583. The van der Waals surface area contributed by atoms with Crippen LogP contribution in [0.3, 0.4) is 0 Å². The van der Waals surface area contributed by atoms with Gasteiger partial charge in [-0.2, -0.15) is 0 Å². The number of aromatic nitrogens is 4. The maximum absolute atomic E-state index is 11.8. The van der Waals surface area contributed by atoms with E-state index in [1.54, 1.807) is 6.33 Å². The van der Waals surface area contributed by atoms with Crippen LogP contribution >= 0.6 is 0 Å². The fourth-order valence-corrected chi connectivity index (χ4v) is 2.14. The lowest BCUT2D eigenvalue weighted by Crippen LogP contribution is -2.23. The number of unbranched alkanes of at least 4 members (excludes halogenated alkanes) is 2. The van der Waals surface area contributed by atoms with Crippen LogP contribution in [0.25, 0.3) is 11.2 Å². The zero-order valence-corrected chi connectivity index (χ0v) is 10.7. The Bertz CT molecular complexity index is 637. The molecule has 2 aromatic rings. The van der Waals surface area contributed by atoms with Gasteiger partial charge in [-0.15, -0.1) is 0 Å². The van der Waals surface area contributed by atoms with E-state index in [4.69, 9.17) is 0 Å². The minimum absolute atomic E-state index is 0.202. The number of fused-ring (bicyclic) bond motifs is 1. The van der Waals surface area contributed by atoms with Crippen molar-refractivity contribution in [3.05, 3.63) is 27.2 Å². The third kappa shape index (κ3) is 2.37. The van der Waals surface area contributed by atoms with Crippen LogP contribution in [0, 0.1) is 0 Å². The molecule has 1 unspecified atom stereocenters. The van der Waals surface area contributed by atoms with Gasteiger partial charge in [0.1, 0.15) is 0 Å². The summed E-state index contributed by atoms with van der Waals surface area (Å²) < 4.78 is 1.83. The molecule has 0 bridgehead atoms. The van der Waals surface area contributed by atoms with Gasteiger partial charge in [0.2, 0.25) is 0 Å². The Kier molecular flexibility index (Phi) is 3.64. The highest BCUT2D eigenvalue weighted by atomic mass is 16.2. The van der Waals surface area contributed by atoms with Gasteiger partial charge >= 0.3 is 5.69 Å². The van der Waals surface area contributed by atoms with Crippen LogP contribution in [0.1, 0.15) is 45.6 Å². The molecule has 6 nitrogen and oxygen atoms in total. The Labute approximate surface area is 104 Å². The molecule has 2 heterocycles. The minimum Gasteiger partial charge on any atom is -0.322 e. The van der Waals surface area contributed by atoms with Gasteiger partial charge in [-0.25, -0.2) is 9.78 Å². The number of nitrogens with zero attached hydrogens (tertiary/aromatic N) is 2. The van der Waals surface area contributed by atoms with E-state index in [-0.39, 0.29) is 11.6 Å². The predicted octanol–water partition coefficient (Wildman–Crippen LogP) is 1.55. The lowest BCUT2D eigenvalue weighted by atomic mass is 10.1. The van der Waals surface area contributed by atoms with Gasteiger partial charge in [-0.05, 0) is 13.3 Å². The second kappa shape index (κ2) is 5.20. The molecule has 0 radical (unpaired) electrons. The molecule has 0 aromatic carbocycles. The number of rotatable bonds is 5. The van der Waals surface area contributed by atoms with Crippen molar-refractivity contribution < 1.29 is 0 Å². The SMILES string of the molecule is CCCCCC(C)n1cnc2[nH]c(=O)[nH]c(=O)c21. The third-order valence-corrected chi connectivity index (χ3v) is 3.17. The molecule has 0 aliphatic carbocycles. The number of aromatic amines is 2. The van der Waals surface area contributed by atoms with Crippen molar-refractivity contribution in [3.63, 3.8) is 0 Å². The maximum Gasteiger partial charge on any atom is 0.327 e. The Morgan fingerprint density at radius 3 is 2.83 bits per heavy atom. The Morgan fingerprint density at radius 2 is 2.11 bits per heavy atom. The highest BCUT2D eigenvalue weighted by molar-refractivity contribution is 5.68. The van der Waals surface area contributed by atoms with Crippen molar-refractivity contribution >= 4 is 11.2 Å². The summed E-state index contributed by atoms with van der Waals surface area (Å²) in [5.41, 5.74) is -0.102. The maximum atomic E-state index is 11.8. The Balaban J connectivity index is 2.34. The molecule has 0 spiro atoms. The molecule has 0 saturated carbocycles. The molecule has 2 rings (SSSR count). The minimum atomic E-state index is -0.517. The second-order valence-electron chi connectivity index (χ2n) is 4.60. The molecule has 6 heteroatoms. The average molecular weight is 250 g/mol. The van der Waals surface area contributed by atoms with E-state index in [0.29, 0.717) is 11.2 Å².